The van der Waals surface area contributed by atoms with Crippen LogP contribution in [0.25, 0.3) is 49.9 Å². The average molecular weight is 694 g/mol. The third-order valence-electron chi connectivity index (χ3n) is 11.9. The summed E-state index contributed by atoms with van der Waals surface area (Å²) in [5, 5.41) is 2.65. The van der Waals surface area contributed by atoms with E-state index >= 15 is 0 Å². The molecule has 0 atom stereocenters. The molecule has 2 aliphatic rings. The Kier molecular flexibility index (Phi) is 7.14. The van der Waals surface area contributed by atoms with Gasteiger partial charge in [-0.05, 0) is 121 Å². The summed E-state index contributed by atoms with van der Waals surface area (Å²) < 4.78 is 11.8. The van der Waals surface area contributed by atoms with E-state index in [-0.39, 0.29) is 23.0 Å². The van der Waals surface area contributed by atoms with Crippen LogP contribution in [0.2, 0.25) is 0 Å². The Balaban J connectivity index is 1.40. The molecule has 3 nitrogen and oxygen atoms in total. The lowest BCUT2D eigenvalue weighted by atomic mass is 9.34. The van der Waals surface area contributed by atoms with Gasteiger partial charge in [-0.1, -0.05) is 98.7 Å². The molecule has 7 aromatic rings. The van der Waals surface area contributed by atoms with Gasteiger partial charge in [0.25, 0.3) is 6.71 Å². The summed E-state index contributed by atoms with van der Waals surface area (Å²) in [6.07, 6.45) is 2.12. The molecule has 0 saturated carbocycles. The molecule has 4 heteroatoms. The molecule has 4 heterocycles. The van der Waals surface area contributed by atoms with Crippen LogP contribution < -0.4 is 25.7 Å². The number of rotatable bonds is 2. The fourth-order valence-electron chi connectivity index (χ4n) is 8.70. The van der Waals surface area contributed by atoms with E-state index in [1.165, 1.54) is 83.0 Å². The highest BCUT2D eigenvalue weighted by molar-refractivity contribution is 6.99. The van der Waals surface area contributed by atoms with Crippen molar-refractivity contribution in [3.05, 3.63) is 126 Å². The van der Waals surface area contributed by atoms with Gasteiger partial charge in [0.2, 0.25) is 5.69 Å². The second kappa shape index (κ2) is 11.2. The number of pyridine rings is 1. The van der Waals surface area contributed by atoms with Gasteiger partial charge in [0.15, 0.2) is 6.20 Å². The van der Waals surface area contributed by atoms with Crippen LogP contribution in [-0.2, 0) is 23.3 Å². The van der Waals surface area contributed by atoms with E-state index in [9.17, 15) is 0 Å². The molecule has 0 N–H and O–H groups in total. The predicted octanol–water partition coefficient (Wildman–Crippen LogP) is 10.1. The van der Waals surface area contributed by atoms with Crippen molar-refractivity contribution in [1.29, 1.82) is 0 Å². The minimum Gasteiger partial charge on any atom is -0.458 e. The van der Waals surface area contributed by atoms with Crippen LogP contribution in [0.4, 0.5) is 0 Å². The molecule has 0 amide bonds. The average Bonchev–Trinajstić information content (AvgIpc) is 3.43. The van der Waals surface area contributed by atoms with Gasteiger partial charge in [0.05, 0.1) is 5.52 Å². The van der Waals surface area contributed by atoms with Crippen molar-refractivity contribution >= 4 is 44.9 Å². The van der Waals surface area contributed by atoms with Crippen LogP contribution in [0, 0.1) is 6.92 Å². The number of nitrogens with zero attached hydrogens (tertiary/aromatic N) is 2. The molecular weight excluding hydrogens is 643 g/mol. The Hall–Kier alpha value is -5.09. The summed E-state index contributed by atoms with van der Waals surface area (Å²) in [5.74, 6) is 1.90. The number of hydrogen-bond donors (Lipinski definition) is 0. The first-order chi connectivity index (χ1) is 25.0. The van der Waals surface area contributed by atoms with Crippen molar-refractivity contribution in [3.8, 4) is 39.6 Å². The molecule has 5 aromatic carbocycles. The third kappa shape index (κ3) is 5.20. The fourth-order valence-corrected chi connectivity index (χ4v) is 8.70. The second-order valence-electron chi connectivity index (χ2n) is 18.7. The van der Waals surface area contributed by atoms with Crippen LogP contribution >= 0.6 is 0 Å². The van der Waals surface area contributed by atoms with E-state index in [0.717, 1.165) is 17.1 Å². The molecule has 0 aliphatic carbocycles. The zero-order valence-corrected chi connectivity index (χ0v) is 33.2. The smallest absolute Gasteiger partial charge is 0.256 e. The Bertz CT molecular complexity index is 2670. The highest BCUT2D eigenvalue weighted by Crippen LogP contribution is 2.43. The van der Waals surface area contributed by atoms with Crippen molar-refractivity contribution in [2.24, 2.45) is 7.05 Å². The third-order valence-corrected chi connectivity index (χ3v) is 11.9. The summed E-state index contributed by atoms with van der Waals surface area (Å²) >= 11 is 0. The predicted molar refractivity (Wildman–Crippen MR) is 225 cm³/mol. The van der Waals surface area contributed by atoms with Gasteiger partial charge in [-0.3, -0.25) is 0 Å². The lowest BCUT2D eigenvalue weighted by Gasteiger charge is -2.35. The van der Waals surface area contributed by atoms with Crippen molar-refractivity contribution in [3.63, 3.8) is 0 Å². The van der Waals surface area contributed by atoms with Gasteiger partial charge >= 0.3 is 0 Å². The maximum atomic E-state index is 7.06. The first-order valence-electron chi connectivity index (χ1n) is 19.2. The van der Waals surface area contributed by atoms with Crippen LogP contribution in [-0.4, -0.2) is 11.3 Å². The van der Waals surface area contributed by atoms with Crippen LogP contribution in [0.3, 0.4) is 0 Å². The van der Waals surface area contributed by atoms with Crippen molar-refractivity contribution in [2.45, 2.75) is 85.5 Å². The van der Waals surface area contributed by atoms with Crippen LogP contribution in [0.15, 0.2) is 103 Å². The number of aryl methyl sites for hydroxylation is 2. The molecular formula is C49H50BN2O+. The topological polar surface area (TPSA) is 18.0 Å². The Labute approximate surface area is 315 Å². The Morgan fingerprint density at radius 2 is 1.28 bits per heavy atom. The van der Waals surface area contributed by atoms with E-state index in [1.54, 1.807) is 0 Å². The van der Waals surface area contributed by atoms with Gasteiger partial charge in [-0.2, -0.15) is 0 Å². The molecule has 0 saturated heterocycles. The number of fused-ring (bicyclic) bond motifs is 7. The number of aromatic nitrogens is 2. The minimum atomic E-state index is -0.0203. The molecule has 53 heavy (non-hydrogen) atoms. The van der Waals surface area contributed by atoms with Gasteiger partial charge in [0.1, 0.15) is 18.5 Å². The van der Waals surface area contributed by atoms with Gasteiger partial charge in [-0.15, -0.1) is 0 Å². The van der Waals surface area contributed by atoms with Gasteiger partial charge in [-0.25, -0.2) is 4.57 Å². The van der Waals surface area contributed by atoms with Crippen molar-refractivity contribution in [1.82, 2.24) is 4.57 Å². The maximum Gasteiger partial charge on any atom is 0.256 e. The molecule has 0 bridgehead atoms. The van der Waals surface area contributed by atoms with Gasteiger partial charge in [0, 0.05) is 39.7 Å². The van der Waals surface area contributed by atoms with Crippen LogP contribution in [0.5, 0.6) is 11.5 Å². The minimum absolute atomic E-state index is 0.00996. The first kappa shape index (κ1) is 33.7. The van der Waals surface area contributed by atoms with Crippen LogP contribution in [0.1, 0.15) is 84.6 Å². The number of benzene rings is 5. The Morgan fingerprint density at radius 3 is 2.00 bits per heavy atom. The first-order valence-corrected chi connectivity index (χ1v) is 19.2. The molecule has 0 fully saturated rings. The lowest BCUT2D eigenvalue weighted by molar-refractivity contribution is -0.660. The SMILES string of the molecule is Cc1ccc(-c2cc3c4c(c2)-n2c5ccc(C(C)(C)C)cc5c5cc(C(C)(C)C)cc(c52)B4c2cc(C(C)(C)C)ccc2O3)cc1-c1cccc[n+]1C. The number of ether oxygens (including phenoxy) is 1. The summed E-state index contributed by atoms with van der Waals surface area (Å²) in [4.78, 5) is 0. The van der Waals surface area contributed by atoms with Crippen molar-refractivity contribution < 1.29 is 9.30 Å². The second-order valence-corrected chi connectivity index (χ2v) is 18.7. The lowest BCUT2D eigenvalue weighted by Crippen LogP contribution is -2.58. The Morgan fingerprint density at radius 1 is 0.604 bits per heavy atom. The van der Waals surface area contributed by atoms with E-state index in [0.29, 0.717) is 0 Å². The monoisotopic (exact) mass is 693 g/mol. The zero-order chi connectivity index (χ0) is 37.4. The molecule has 0 unspecified atom stereocenters. The van der Waals surface area contributed by atoms with Crippen molar-refractivity contribution in [2.75, 3.05) is 0 Å². The fraction of sp³-hybridized carbons (Fsp3) is 0.286. The summed E-state index contributed by atoms with van der Waals surface area (Å²) in [6, 6.07) is 37.1. The zero-order valence-electron chi connectivity index (χ0n) is 33.2. The summed E-state index contributed by atoms with van der Waals surface area (Å²) in [7, 11) is 2.12. The molecule has 2 aromatic heterocycles. The molecule has 0 spiro atoms. The standard InChI is InChI=1S/C49H50BN2O/c1-29-15-16-30(22-35(29)40-14-12-13-21-51(40)11)31-23-42-45-44(24-31)53-43-20-18-33(48(5,6)7)27-38(43)50(45)39-28-34(49(8,9)10)26-37-36-25-32(47(2,3)4)17-19-41(36)52(42)46(37)39/h12-28H,1-11H3/q+1. The maximum absolute atomic E-state index is 7.06. The normalized spacial score (nSPS) is 13.7. The molecule has 9 rings (SSSR count). The molecule has 264 valence electrons. The molecule has 0 radical (unpaired) electrons. The highest BCUT2D eigenvalue weighted by atomic mass is 16.5. The van der Waals surface area contributed by atoms with E-state index in [2.05, 4.69) is 189 Å². The highest BCUT2D eigenvalue weighted by Gasteiger charge is 2.42. The van der Waals surface area contributed by atoms with E-state index < -0.39 is 0 Å². The quantitative estimate of drug-likeness (QED) is 0.130. The van der Waals surface area contributed by atoms with E-state index in [4.69, 9.17) is 4.74 Å². The molecule has 2 aliphatic heterocycles. The largest absolute Gasteiger partial charge is 0.458 e. The van der Waals surface area contributed by atoms with Gasteiger partial charge < -0.3 is 9.30 Å². The van der Waals surface area contributed by atoms with E-state index in [1.807, 2.05) is 0 Å². The summed E-state index contributed by atoms with van der Waals surface area (Å²) in [6.45, 7) is 23.1. The summed E-state index contributed by atoms with van der Waals surface area (Å²) in [5.41, 5.74) is 17.7. The number of hydrogen-bond acceptors (Lipinski definition) is 1.